The highest BCUT2D eigenvalue weighted by atomic mass is 16.4. The number of hydrogen-bond acceptors (Lipinski definition) is 6. The van der Waals surface area contributed by atoms with E-state index in [0.29, 0.717) is 24.5 Å². The Hall–Kier alpha value is -2.57. The average molecular weight is 327 g/mol. The molecular formula is C17H21N5O2. The van der Waals surface area contributed by atoms with Crippen LogP contribution in [-0.2, 0) is 11.2 Å². The van der Waals surface area contributed by atoms with E-state index in [0.717, 1.165) is 36.5 Å². The van der Waals surface area contributed by atoms with Gasteiger partial charge >= 0.3 is 5.97 Å². The number of rotatable bonds is 4. The summed E-state index contributed by atoms with van der Waals surface area (Å²) in [5.41, 5.74) is 2.59. The molecule has 0 saturated carbocycles. The lowest BCUT2D eigenvalue weighted by molar-refractivity contribution is -0.141. The van der Waals surface area contributed by atoms with Gasteiger partial charge in [0.05, 0.1) is 12.1 Å². The van der Waals surface area contributed by atoms with Gasteiger partial charge in [0.15, 0.2) is 5.82 Å². The van der Waals surface area contributed by atoms with Crippen molar-refractivity contribution in [1.29, 1.82) is 0 Å². The summed E-state index contributed by atoms with van der Waals surface area (Å²) in [5.74, 6) is 0.276. The summed E-state index contributed by atoms with van der Waals surface area (Å²) in [6, 6.07) is 0. The van der Waals surface area contributed by atoms with Crippen LogP contribution in [0.2, 0.25) is 0 Å². The molecule has 1 unspecified atom stereocenters. The summed E-state index contributed by atoms with van der Waals surface area (Å²) < 4.78 is 0. The first-order valence-electron chi connectivity index (χ1n) is 8.21. The van der Waals surface area contributed by atoms with Gasteiger partial charge < -0.3 is 10.0 Å². The van der Waals surface area contributed by atoms with Crippen LogP contribution in [0.1, 0.15) is 31.0 Å². The van der Waals surface area contributed by atoms with Crippen LogP contribution in [0.4, 0.5) is 5.82 Å². The summed E-state index contributed by atoms with van der Waals surface area (Å²) in [4.78, 5) is 31.1. The van der Waals surface area contributed by atoms with Crippen molar-refractivity contribution < 1.29 is 9.90 Å². The number of aromatic nitrogens is 4. The smallest absolute Gasteiger partial charge is 0.308 e. The second kappa shape index (κ2) is 6.90. The quantitative estimate of drug-likeness (QED) is 0.919. The maximum atomic E-state index is 11.4. The number of anilines is 1. The van der Waals surface area contributed by atoms with Gasteiger partial charge in [-0.1, -0.05) is 6.92 Å². The first-order chi connectivity index (χ1) is 11.6. The number of nitrogens with zero attached hydrogens (tertiary/aromatic N) is 5. The molecule has 0 aromatic carbocycles. The number of carboxylic acid groups (broad SMARTS) is 1. The van der Waals surface area contributed by atoms with Gasteiger partial charge in [0.25, 0.3) is 0 Å². The van der Waals surface area contributed by atoms with E-state index in [1.165, 1.54) is 0 Å². The minimum atomic E-state index is -0.738. The highest BCUT2D eigenvalue weighted by Crippen LogP contribution is 2.28. The Balaban J connectivity index is 2.02. The van der Waals surface area contributed by atoms with Crippen LogP contribution >= 0.6 is 0 Å². The highest BCUT2D eigenvalue weighted by Gasteiger charge is 2.28. The van der Waals surface area contributed by atoms with Crippen LogP contribution in [0.15, 0.2) is 18.6 Å². The normalized spacial score (nSPS) is 17.8. The molecule has 24 heavy (non-hydrogen) atoms. The lowest BCUT2D eigenvalue weighted by Gasteiger charge is -2.33. The van der Waals surface area contributed by atoms with Crippen LogP contribution in [-0.4, -0.2) is 44.1 Å². The van der Waals surface area contributed by atoms with Gasteiger partial charge in [0, 0.05) is 36.7 Å². The molecule has 0 aliphatic carbocycles. The van der Waals surface area contributed by atoms with Gasteiger partial charge in [0.1, 0.15) is 11.5 Å². The van der Waals surface area contributed by atoms with Gasteiger partial charge in [-0.15, -0.1) is 0 Å². The number of aryl methyl sites for hydroxylation is 1. The van der Waals surface area contributed by atoms with E-state index in [-0.39, 0.29) is 5.92 Å². The fourth-order valence-electron chi connectivity index (χ4n) is 3.16. The van der Waals surface area contributed by atoms with E-state index in [9.17, 15) is 9.90 Å². The molecule has 1 N–H and O–H groups in total. The number of carboxylic acids is 1. The van der Waals surface area contributed by atoms with E-state index in [1.807, 2.05) is 6.92 Å². The van der Waals surface area contributed by atoms with E-state index in [4.69, 9.17) is 4.98 Å². The largest absolute Gasteiger partial charge is 0.481 e. The van der Waals surface area contributed by atoms with Crippen molar-refractivity contribution in [1.82, 2.24) is 19.9 Å². The third-order valence-electron chi connectivity index (χ3n) is 4.41. The molecule has 0 amide bonds. The summed E-state index contributed by atoms with van der Waals surface area (Å²) in [7, 11) is 0. The van der Waals surface area contributed by atoms with Gasteiger partial charge in [-0.3, -0.25) is 9.78 Å². The minimum Gasteiger partial charge on any atom is -0.481 e. The lowest BCUT2D eigenvalue weighted by Crippen LogP contribution is -2.39. The lowest BCUT2D eigenvalue weighted by atomic mass is 9.97. The van der Waals surface area contributed by atoms with Crippen molar-refractivity contribution in [3.8, 4) is 11.5 Å². The molecule has 1 aliphatic rings. The van der Waals surface area contributed by atoms with E-state index < -0.39 is 5.97 Å². The van der Waals surface area contributed by atoms with Crippen LogP contribution in [0, 0.1) is 12.8 Å². The molecule has 1 atom stereocenters. The Morgan fingerprint density at radius 2 is 2.21 bits per heavy atom. The molecule has 7 nitrogen and oxygen atoms in total. The number of carbonyl (C=O) groups is 1. The maximum Gasteiger partial charge on any atom is 0.308 e. The predicted octanol–water partition coefficient (Wildman–Crippen LogP) is 2.11. The van der Waals surface area contributed by atoms with Crippen LogP contribution < -0.4 is 4.90 Å². The Morgan fingerprint density at radius 3 is 2.88 bits per heavy atom. The molecule has 0 spiro atoms. The molecule has 2 aromatic heterocycles. The number of piperidine rings is 1. The molecule has 3 heterocycles. The zero-order valence-electron chi connectivity index (χ0n) is 13.9. The maximum absolute atomic E-state index is 11.4. The Labute approximate surface area is 140 Å². The highest BCUT2D eigenvalue weighted by molar-refractivity contribution is 5.71. The zero-order valence-corrected chi connectivity index (χ0v) is 13.9. The third kappa shape index (κ3) is 3.20. The molecular weight excluding hydrogens is 306 g/mol. The number of hydrogen-bond donors (Lipinski definition) is 1. The molecule has 0 radical (unpaired) electrons. The first kappa shape index (κ1) is 16.3. The van der Waals surface area contributed by atoms with Gasteiger partial charge in [-0.2, -0.15) is 0 Å². The molecule has 0 bridgehead atoms. The Bertz CT molecular complexity index is 735. The topological polar surface area (TPSA) is 92.1 Å². The molecule has 1 fully saturated rings. The molecule has 1 aliphatic heterocycles. The fourth-order valence-corrected chi connectivity index (χ4v) is 3.16. The minimum absolute atomic E-state index is 0.348. The van der Waals surface area contributed by atoms with Crippen molar-refractivity contribution in [3.05, 3.63) is 29.8 Å². The van der Waals surface area contributed by atoms with Crippen molar-refractivity contribution in [3.63, 3.8) is 0 Å². The van der Waals surface area contributed by atoms with Crippen LogP contribution in [0.5, 0.6) is 0 Å². The molecule has 2 aromatic rings. The monoisotopic (exact) mass is 327 g/mol. The van der Waals surface area contributed by atoms with Crippen molar-refractivity contribution in [2.24, 2.45) is 5.92 Å². The van der Waals surface area contributed by atoms with Crippen molar-refractivity contribution in [2.45, 2.75) is 33.1 Å². The first-order valence-corrected chi connectivity index (χ1v) is 8.21. The average Bonchev–Trinajstić information content (AvgIpc) is 2.62. The predicted molar refractivity (Wildman–Crippen MR) is 89.7 cm³/mol. The molecule has 1 saturated heterocycles. The standard InChI is InChI=1S/C17H21N5O2/c1-3-13-11(2)20-15(14-9-18-6-7-19-14)21-16(13)22-8-4-5-12(10-22)17(23)24/h6-7,9,12H,3-5,8,10H2,1-2H3,(H,23,24). The Kier molecular flexibility index (Phi) is 4.69. The van der Waals surface area contributed by atoms with Gasteiger partial charge in [-0.25, -0.2) is 15.0 Å². The van der Waals surface area contributed by atoms with Crippen LogP contribution in [0.3, 0.4) is 0 Å². The van der Waals surface area contributed by atoms with E-state index >= 15 is 0 Å². The summed E-state index contributed by atoms with van der Waals surface area (Å²) in [6.45, 7) is 5.32. The van der Waals surface area contributed by atoms with E-state index in [2.05, 4.69) is 26.8 Å². The summed E-state index contributed by atoms with van der Waals surface area (Å²) in [6.07, 6.45) is 7.23. The SMILES string of the molecule is CCc1c(C)nc(-c2cnccn2)nc1N1CCCC(C(=O)O)C1. The van der Waals surface area contributed by atoms with Crippen LogP contribution in [0.25, 0.3) is 11.5 Å². The molecule has 7 heteroatoms. The molecule has 126 valence electrons. The third-order valence-corrected chi connectivity index (χ3v) is 4.41. The Morgan fingerprint density at radius 1 is 1.38 bits per heavy atom. The van der Waals surface area contributed by atoms with E-state index in [1.54, 1.807) is 18.6 Å². The van der Waals surface area contributed by atoms with Gasteiger partial charge in [0.2, 0.25) is 0 Å². The van der Waals surface area contributed by atoms with Gasteiger partial charge in [-0.05, 0) is 26.2 Å². The van der Waals surface area contributed by atoms with Crippen molar-refractivity contribution in [2.75, 3.05) is 18.0 Å². The molecule has 3 rings (SSSR count). The summed E-state index contributed by atoms with van der Waals surface area (Å²) >= 11 is 0. The number of aliphatic carboxylic acids is 1. The fraction of sp³-hybridized carbons (Fsp3) is 0.471. The second-order valence-electron chi connectivity index (χ2n) is 6.00. The summed E-state index contributed by atoms with van der Waals surface area (Å²) in [5, 5.41) is 9.34. The zero-order chi connectivity index (χ0) is 17.1. The second-order valence-corrected chi connectivity index (χ2v) is 6.00. The van der Waals surface area contributed by atoms with Crippen molar-refractivity contribution >= 4 is 11.8 Å².